The van der Waals surface area contributed by atoms with Crippen LogP contribution in [0.2, 0.25) is 0 Å². The van der Waals surface area contributed by atoms with Gasteiger partial charge in [-0.2, -0.15) is 0 Å². The number of aliphatic hydroxyl groups excluding tert-OH is 1. The molecule has 0 aliphatic carbocycles. The molecule has 2 rings (SSSR count). The largest absolute Gasteiger partial charge is 0.364 e. The summed E-state index contributed by atoms with van der Waals surface area (Å²) in [5, 5.41) is 18.4. The molecule has 0 saturated carbocycles. The van der Waals surface area contributed by atoms with Gasteiger partial charge < -0.3 is 10.2 Å². The average molecular weight is 232 g/mol. The van der Waals surface area contributed by atoms with Crippen molar-refractivity contribution in [1.82, 2.24) is 0 Å². The van der Waals surface area contributed by atoms with Gasteiger partial charge in [-0.05, 0) is 18.2 Å². The van der Waals surface area contributed by atoms with Crippen molar-refractivity contribution in [1.29, 1.82) is 0 Å². The van der Waals surface area contributed by atoms with E-state index in [9.17, 15) is 10.2 Å². The first kappa shape index (κ1) is 11.2. The predicted molar refractivity (Wildman–Crippen MR) is 64.2 cm³/mol. The standard InChI is InChI=1S/C13H12O2S/c14-13(15)11-8-4-5-9-12(11)16-10-6-2-1-3-7-10/h1-9,13-15H. The second-order valence-corrected chi connectivity index (χ2v) is 4.44. The van der Waals surface area contributed by atoms with Gasteiger partial charge in [-0.25, -0.2) is 0 Å². The van der Waals surface area contributed by atoms with Gasteiger partial charge in [-0.15, -0.1) is 0 Å². The van der Waals surface area contributed by atoms with E-state index in [0.717, 1.165) is 9.79 Å². The molecule has 2 nitrogen and oxygen atoms in total. The Morgan fingerprint density at radius 2 is 1.44 bits per heavy atom. The molecule has 82 valence electrons. The van der Waals surface area contributed by atoms with Gasteiger partial charge in [0, 0.05) is 15.4 Å². The van der Waals surface area contributed by atoms with Crippen LogP contribution >= 0.6 is 11.8 Å². The highest BCUT2D eigenvalue weighted by Crippen LogP contribution is 2.32. The quantitative estimate of drug-likeness (QED) is 0.799. The summed E-state index contributed by atoms with van der Waals surface area (Å²) in [6, 6.07) is 17.1. The monoisotopic (exact) mass is 232 g/mol. The van der Waals surface area contributed by atoms with Crippen LogP contribution in [0.5, 0.6) is 0 Å². The smallest absolute Gasteiger partial charge is 0.179 e. The second-order valence-electron chi connectivity index (χ2n) is 3.33. The van der Waals surface area contributed by atoms with E-state index in [-0.39, 0.29) is 0 Å². The highest BCUT2D eigenvalue weighted by atomic mass is 32.2. The van der Waals surface area contributed by atoms with Crippen LogP contribution in [-0.4, -0.2) is 10.2 Å². The molecular formula is C13H12O2S. The topological polar surface area (TPSA) is 40.5 Å². The van der Waals surface area contributed by atoms with Crippen molar-refractivity contribution in [3.63, 3.8) is 0 Å². The Kier molecular flexibility index (Phi) is 3.62. The first-order chi connectivity index (χ1) is 7.77. The Balaban J connectivity index is 2.28. The summed E-state index contributed by atoms with van der Waals surface area (Å²) >= 11 is 1.52. The maximum absolute atomic E-state index is 9.22. The van der Waals surface area contributed by atoms with Gasteiger partial charge in [0.05, 0.1) is 0 Å². The Bertz CT molecular complexity index is 454. The van der Waals surface area contributed by atoms with Gasteiger partial charge in [-0.1, -0.05) is 48.2 Å². The van der Waals surface area contributed by atoms with Crippen LogP contribution in [0.25, 0.3) is 0 Å². The van der Waals surface area contributed by atoms with Crippen molar-refractivity contribution in [2.24, 2.45) is 0 Å². The first-order valence-electron chi connectivity index (χ1n) is 4.95. The number of benzene rings is 2. The van der Waals surface area contributed by atoms with Gasteiger partial charge in [-0.3, -0.25) is 0 Å². The number of hydrogen-bond donors (Lipinski definition) is 2. The van der Waals surface area contributed by atoms with Crippen molar-refractivity contribution in [3.8, 4) is 0 Å². The Hall–Kier alpha value is -1.29. The number of hydrogen-bond acceptors (Lipinski definition) is 3. The molecule has 0 fully saturated rings. The third kappa shape index (κ3) is 2.64. The summed E-state index contributed by atoms with van der Waals surface area (Å²) in [5.41, 5.74) is 0.538. The van der Waals surface area contributed by atoms with E-state index in [1.54, 1.807) is 12.1 Å². The molecule has 0 bridgehead atoms. The first-order valence-corrected chi connectivity index (χ1v) is 5.77. The SMILES string of the molecule is OC(O)c1ccccc1Sc1ccccc1. The fourth-order valence-corrected chi connectivity index (χ4v) is 2.39. The minimum atomic E-state index is -1.42. The molecule has 0 atom stereocenters. The maximum Gasteiger partial charge on any atom is 0.179 e. The van der Waals surface area contributed by atoms with Crippen LogP contribution in [0.15, 0.2) is 64.4 Å². The fraction of sp³-hybridized carbons (Fsp3) is 0.0769. The van der Waals surface area contributed by atoms with E-state index in [0.29, 0.717) is 5.56 Å². The van der Waals surface area contributed by atoms with E-state index in [2.05, 4.69) is 0 Å². The molecule has 2 aromatic carbocycles. The molecule has 0 aromatic heterocycles. The van der Waals surface area contributed by atoms with Gasteiger partial charge in [0.25, 0.3) is 0 Å². The van der Waals surface area contributed by atoms with Crippen molar-refractivity contribution < 1.29 is 10.2 Å². The minimum Gasteiger partial charge on any atom is -0.364 e. The van der Waals surface area contributed by atoms with Crippen LogP contribution in [0.1, 0.15) is 11.9 Å². The molecule has 3 heteroatoms. The number of rotatable bonds is 3. The second kappa shape index (κ2) is 5.16. The molecular weight excluding hydrogens is 220 g/mol. The van der Waals surface area contributed by atoms with Gasteiger partial charge in [0.15, 0.2) is 6.29 Å². The zero-order valence-corrected chi connectivity index (χ0v) is 9.39. The van der Waals surface area contributed by atoms with Gasteiger partial charge in [0.1, 0.15) is 0 Å². The Morgan fingerprint density at radius 1 is 0.812 bits per heavy atom. The normalized spacial score (nSPS) is 10.7. The zero-order valence-electron chi connectivity index (χ0n) is 8.58. The molecule has 0 unspecified atom stereocenters. The molecule has 0 aliphatic heterocycles. The molecule has 0 radical (unpaired) electrons. The van der Waals surface area contributed by atoms with Gasteiger partial charge in [0.2, 0.25) is 0 Å². The summed E-state index contributed by atoms with van der Waals surface area (Å²) in [6.45, 7) is 0. The summed E-state index contributed by atoms with van der Waals surface area (Å²) in [7, 11) is 0. The Morgan fingerprint density at radius 3 is 2.12 bits per heavy atom. The highest BCUT2D eigenvalue weighted by Gasteiger charge is 2.09. The van der Waals surface area contributed by atoms with Crippen LogP contribution in [0.3, 0.4) is 0 Å². The summed E-state index contributed by atoms with van der Waals surface area (Å²) in [6.07, 6.45) is -1.42. The lowest BCUT2D eigenvalue weighted by atomic mass is 10.2. The van der Waals surface area contributed by atoms with Gasteiger partial charge >= 0.3 is 0 Å². The van der Waals surface area contributed by atoms with Crippen LogP contribution in [0.4, 0.5) is 0 Å². The van der Waals surface area contributed by atoms with E-state index < -0.39 is 6.29 Å². The summed E-state index contributed by atoms with van der Waals surface area (Å²) in [5.74, 6) is 0. The van der Waals surface area contributed by atoms with Crippen molar-refractivity contribution in [2.45, 2.75) is 16.1 Å². The summed E-state index contributed by atoms with van der Waals surface area (Å²) in [4.78, 5) is 1.94. The molecule has 0 spiro atoms. The molecule has 0 heterocycles. The fourth-order valence-electron chi connectivity index (χ4n) is 1.40. The summed E-state index contributed by atoms with van der Waals surface area (Å²) < 4.78 is 0. The third-order valence-corrected chi connectivity index (χ3v) is 3.27. The van der Waals surface area contributed by atoms with Crippen LogP contribution in [-0.2, 0) is 0 Å². The highest BCUT2D eigenvalue weighted by molar-refractivity contribution is 7.99. The van der Waals surface area contributed by atoms with Crippen molar-refractivity contribution in [2.75, 3.05) is 0 Å². The zero-order chi connectivity index (χ0) is 11.4. The molecule has 16 heavy (non-hydrogen) atoms. The van der Waals surface area contributed by atoms with E-state index >= 15 is 0 Å². The molecule has 0 aliphatic rings. The Labute approximate surface area is 98.6 Å². The molecule has 0 saturated heterocycles. The maximum atomic E-state index is 9.22. The lowest BCUT2D eigenvalue weighted by Gasteiger charge is -2.10. The van der Waals surface area contributed by atoms with Crippen molar-refractivity contribution in [3.05, 3.63) is 60.2 Å². The lowest BCUT2D eigenvalue weighted by molar-refractivity contribution is -0.0444. The molecule has 0 amide bonds. The van der Waals surface area contributed by atoms with Crippen LogP contribution in [0, 0.1) is 0 Å². The lowest BCUT2D eigenvalue weighted by Crippen LogP contribution is -1.96. The predicted octanol–water partition coefficient (Wildman–Crippen LogP) is 2.82. The minimum absolute atomic E-state index is 0.538. The number of aliphatic hydroxyl groups is 2. The molecule has 2 aromatic rings. The van der Waals surface area contributed by atoms with E-state index in [4.69, 9.17) is 0 Å². The third-order valence-electron chi connectivity index (χ3n) is 2.17. The van der Waals surface area contributed by atoms with E-state index in [1.165, 1.54) is 11.8 Å². The van der Waals surface area contributed by atoms with E-state index in [1.807, 2.05) is 42.5 Å². The van der Waals surface area contributed by atoms with Crippen molar-refractivity contribution >= 4 is 11.8 Å². The average Bonchev–Trinajstić information content (AvgIpc) is 2.31. The van der Waals surface area contributed by atoms with Crippen LogP contribution < -0.4 is 0 Å². The molecule has 2 N–H and O–H groups in total.